The van der Waals surface area contributed by atoms with Crippen LogP contribution in [0.25, 0.3) is 9.69 Å². The topological polar surface area (TPSA) is 74.8 Å². The number of rotatable bonds is 19. The van der Waals surface area contributed by atoms with Crippen molar-refractivity contribution in [2.45, 2.75) is 129 Å². The van der Waals surface area contributed by atoms with E-state index in [1.165, 1.54) is 131 Å². The van der Waals surface area contributed by atoms with E-state index in [4.69, 9.17) is 29.0 Å². The predicted molar refractivity (Wildman–Crippen MR) is 245 cm³/mol. The average molecular weight is 855 g/mol. The first-order valence-corrected chi connectivity index (χ1v) is 22.6. The maximum Gasteiger partial charge on any atom is 0.540 e. The van der Waals surface area contributed by atoms with Gasteiger partial charge >= 0.3 is 5.82 Å². The number of unbranched alkanes of at least 4 members (excludes halogenated alkanes) is 15. The molecule has 0 bridgehead atoms. The Hall–Kier alpha value is -6.30. The second-order valence-electron chi connectivity index (χ2n) is 12.5. The van der Waals surface area contributed by atoms with Crippen molar-refractivity contribution < 1.29 is 9.47 Å². The van der Waals surface area contributed by atoms with Crippen molar-refractivity contribution in [2.75, 3.05) is 6.61 Å². The van der Waals surface area contributed by atoms with Gasteiger partial charge in [0.25, 0.3) is 0 Å². The van der Waals surface area contributed by atoms with Crippen LogP contribution >= 0.6 is 47.0 Å². The maximum atomic E-state index is 9.68. The van der Waals surface area contributed by atoms with Crippen LogP contribution in [0.3, 0.4) is 0 Å². The fourth-order valence-corrected chi connectivity index (χ4v) is 10.6. The molecule has 60 heavy (non-hydrogen) atoms. The van der Waals surface area contributed by atoms with E-state index in [0.29, 0.717) is 46.2 Å². The zero-order valence-corrected chi connectivity index (χ0v) is 36.6. The highest BCUT2D eigenvalue weighted by molar-refractivity contribution is 8.26. The smallest absolute Gasteiger partial charge is 0.491 e. The molecule has 10 heteroatoms. The number of ether oxygens (including phenoxy) is 2. The van der Waals surface area contributed by atoms with Crippen LogP contribution in [0.5, 0.6) is 11.5 Å². The summed E-state index contributed by atoms with van der Waals surface area (Å²) < 4.78 is 13.5. The Bertz CT molecular complexity index is 2450. The summed E-state index contributed by atoms with van der Waals surface area (Å²) in [5, 5.41) is 19.4. The Morgan fingerprint density at radius 1 is 0.517 bits per heavy atom. The van der Waals surface area contributed by atoms with Gasteiger partial charge in [-0.3, -0.25) is 0 Å². The van der Waals surface area contributed by atoms with Crippen molar-refractivity contribution in [1.82, 2.24) is 0 Å². The van der Waals surface area contributed by atoms with E-state index in [9.17, 15) is 10.5 Å². The molecule has 1 aromatic rings. The Morgan fingerprint density at radius 3 is 1.28 bits per heavy atom. The second kappa shape index (κ2) is 30.7. The number of hydrogen-bond acceptors (Lipinski definition) is 8. The molecular weight excluding hydrogens is 817 g/mol. The van der Waals surface area contributed by atoms with Crippen LogP contribution in [0.2, 0.25) is 0 Å². The maximum absolute atomic E-state index is 9.68. The van der Waals surface area contributed by atoms with E-state index in [1.54, 1.807) is 0 Å². The van der Waals surface area contributed by atoms with Crippen molar-refractivity contribution in [3.8, 4) is 131 Å². The molecule has 2 heterocycles. The van der Waals surface area contributed by atoms with Crippen LogP contribution in [0.1, 0.15) is 110 Å². The largest absolute Gasteiger partial charge is 0.540 e. The zero-order chi connectivity index (χ0) is 42.9. The molecule has 294 valence electrons. The normalized spacial score (nSPS) is 10.4. The fourth-order valence-electron chi connectivity index (χ4n) is 5.42. The summed E-state index contributed by atoms with van der Waals surface area (Å²) in [5.74, 6) is 40.8. The molecule has 0 unspecified atom stereocenters. The zero-order valence-electron chi connectivity index (χ0n) is 33.3. The third-order valence-electron chi connectivity index (χ3n) is 8.23. The molecule has 2 aliphatic rings. The number of terminal acetylenes is 1. The first kappa shape index (κ1) is 48.1. The quantitative estimate of drug-likeness (QED) is 0.0590. The van der Waals surface area contributed by atoms with E-state index >= 15 is 0 Å². The van der Waals surface area contributed by atoms with Crippen LogP contribution < -0.4 is 9.47 Å². The van der Waals surface area contributed by atoms with Gasteiger partial charge in [-0.2, -0.15) is 20.2 Å². The lowest BCUT2D eigenvalue weighted by molar-refractivity contribution is 0.286. The number of benzene rings is 1. The lowest BCUT2D eigenvalue weighted by Crippen LogP contribution is -2.01. The molecule has 1 aromatic carbocycles. The molecule has 0 amide bonds. The van der Waals surface area contributed by atoms with Gasteiger partial charge in [-0.25, -0.2) is 0 Å². The van der Waals surface area contributed by atoms with Gasteiger partial charge in [-0.1, -0.05) is 150 Å². The van der Waals surface area contributed by atoms with E-state index in [1.807, 2.05) is 12.1 Å². The molecule has 2 aliphatic heterocycles. The lowest BCUT2D eigenvalue weighted by atomic mass is 10.0. The summed E-state index contributed by atoms with van der Waals surface area (Å²) >= 11 is 5.01. The van der Waals surface area contributed by atoms with Gasteiger partial charge in [0, 0.05) is 47.4 Å². The minimum atomic E-state index is -0.0534. The van der Waals surface area contributed by atoms with Gasteiger partial charge in [0.2, 0.25) is 0 Å². The van der Waals surface area contributed by atoms with Gasteiger partial charge in [0.05, 0.1) is 30.4 Å². The summed E-state index contributed by atoms with van der Waals surface area (Å²) in [7, 11) is 0. The van der Waals surface area contributed by atoms with Gasteiger partial charge in [0.15, 0.2) is 5.75 Å². The van der Waals surface area contributed by atoms with Crippen molar-refractivity contribution >= 4 is 47.0 Å². The van der Waals surface area contributed by atoms with Crippen molar-refractivity contribution in [3.63, 3.8) is 0 Å². The van der Waals surface area contributed by atoms with Gasteiger partial charge in [-0.05, 0) is 53.8 Å². The van der Waals surface area contributed by atoms with E-state index in [-0.39, 0.29) is 11.4 Å². The van der Waals surface area contributed by atoms with Gasteiger partial charge in [-0.15, -0.1) is 6.42 Å². The highest BCUT2D eigenvalue weighted by Crippen LogP contribution is 2.68. The standard InChI is InChI=1S/C50H38N4O2S4/c1-5-7-9-11-13-15-17-19-21-23-25-27-29-31-33-35-37-55-42-44-45(58-49(57-44)41(39-51)40-52)43(47-46(42)59-50(60-47)48(53-3)54-4)56-38-36-34-32-30-28-26-24-22-20-18-16-14-12-10-8-6-2/h1H,6,8,10,12,14,16,18,20,22,24,26,28,30,32,34,36,38H2,2H3. The van der Waals surface area contributed by atoms with Crippen LogP contribution in [-0.4, -0.2) is 6.61 Å². The molecule has 0 fully saturated rings. The molecule has 0 radical (unpaired) electrons. The SMILES string of the molecule is [C-]#[N+]C([N+]#[C-])=C1Sc2c(OC#CC#CC#CC#CC#CC#CC#CC#CC#C)c3c(c(OCCCCCCCCCCCCCCCCCC)c2S1)SC(=C(C#N)C#N)S3. The molecule has 0 saturated carbocycles. The summed E-state index contributed by atoms with van der Waals surface area (Å²) in [4.78, 5) is 9.53. The number of nitriles is 2. The Kier molecular flexibility index (Phi) is 24.6. The monoisotopic (exact) mass is 854 g/mol. The van der Waals surface area contributed by atoms with Crippen LogP contribution in [0.15, 0.2) is 39.5 Å². The average Bonchev–Trinajstić information content (AvgIpc) is 3.90. The third-order valence-corrected chi connectivity index (χ3v) is 13.4. The summed E-state index contributed by atoms with van der Waals surface area (Å²) in [6.45, 7) is 17.9. The molecule has 0 aromatic heterocycles. The summed E-state index contributed by atoms with van der Waals surface area (Å²) in [6.07, 6.45) is 28.0. The third kappa shape index (κ3) is 17.3. The molecule has 0 saturated heterocycles. The lowest BCUT2D eigenvalue weighted by Gasteiger charge is -2.16. The molecular formula is C50H38N4O2S4. The predicted octanol–water partition coefficient (Wildman–Crippen LogP) is 11.9. The first-order valence-electron chi connectivity index (χ1n) is 19.4. The Morgan fingerprint density at radius 2 is 0.883 bits per heavy atom. The summed E-state index contributed by atoms with van der Waals surface area (Å²) in [6, 6.07) is 3.97. The molecule has 0 N–H and O–H groups in total. The Balaban J connectivity index is 1.67. The molecule has 0 aliphatic carbocycles. The summed E-state index contributed by atoms with van der Waals surface area (Å²) in [5.41, 5.74) is -0.0190. The van der Waals surface area contributed by atoms with E-state index in [2.05, 4.69) is 117 Å². The van der Waals surface area contributed by atoms with Crippen LogP contribution in [0.4, 0.5) is 0 Å². The minimum absolute atomic E-state index is 0.0190. The molecule has 3 rings (SSSR count). The van der Waals surface area contributed by atoms with Crippen molar-refractivity contribution in [3.05, 3.63) is 42.7 Å². The number of fused-ring (bicyclic) bond motifs is 2. The minimum Gasteiger partial charge on any atom is -0.491 e. The highest BCUT2D eigenvalue weighted by Gasteiger charge is 2.39. The number of nitrogens with zero attached hydrogens (tertiary/aromatic N) is 4. The van der Waals surface area contributed by atoms with E-state index in [0.717, 1.165) is 19.3 Å². The number of allylic oxidation sites excluding steroid dienone is 1. The molecule has 6 nitrogen and oxygen atoms in total. The number of hydrogen-bond donors (Lipinski definition) is 0. The Labute approximate surface area is 374 Å². The molecule has 0 atom stereocenters. The number of thioether (sulfide) groups is 4. The highest BCUT2D eigenvalue weighted by atomic mass is 32.2. The fraction of sp³-hybridized carbons (Fsp3) is 0.360. The van der Waals surface area contributed by atoms with Gasteiger partial charge < -0.3 is 9.47 Å². The molecule has 0 spiro atoms. The first-order chi connectivity index (χ1) is 29.6. The van der Waals surface area contributed by atoms with Crippen molar-refractivity contribution in [1.29, 1.82) is 10.5 Å². The van der Waals surface area contributed by atoms with Crippen LogP contribution in [0, 0.1) is 143 Å². The van der Waals surface area contributed by atoms with E-state index < -0.39 is 0 Å². The van der Waals surface area contributed by atoms with Crippen LogP contribution in [-0.2, 0) is 0 Å². The van der Waals surface area contributed by atoms with Gasteiger partial charge in [0.1, 0.15) is 46.9 Å². The van der Waals surface area contributed by atoms with Crippen molar-refractivity contribution in [2.24, 2.45) is 0 Å². The second-order valence-corrected chi connectivity index (χ2v) is 17.1.